The Morgan fingerprint density at radius 1 is 1.35 bits per heavy atom. The molecule has 0 saturated carbocycles. The van der Waals surface area contributed by atoms with Crippen LogP contribution in [0, 0.1) is 5.92 Å². The largest absolute Gasteiger partial charge is 0.394 e. The third-order valence-electron chi connectivity index (χ3n) is 4.31. The summed E-state index contributed by atoms with van der Waals surface area (Å²) in [5.41, 5.74) is 0.858. The van der Waals surface area contributed by atoms with Gasteiger partial charge >= 0.3 is 0 Å². The van der Waals surface area contributed by atoms with Gasteiger partial charge in [0.15, 0.2) is 0 Å². The zero-order valence-electron chi connectivity index (χ0n) is 12.8. The summed E-state index contributed by atoms with van der Waals surface area (Å²) in [5, 5.41) is 13.7. The second-order valence-corrected chi connectivity index (χ2v) is 6.16. The molecule has 1 fully saturated rings. The lowest BCUT2D eigenvalue weighted by molar-refractivity contribution is 0.116. The van der Waals surface area contributed by atoms with Crippen LogP contribution >= 0.6 is 0 Å². The summed E-state index contributed by atoms with van der Waals surface area (Å²) >= 11 is 0. The Bertz CT molecular complexity index is 395. The number of benzene rings is 1. The van der Waals surface area contributed by atoms with Crippen molar-refractivity contribution in [2.75, 3.05) is 32.8 Å². The molecule has 2 atom stereocenters. The third kappa shape index (κ3) is 3.60. The van der Waals surface area contributed by atoms with Crippen molar-refractivity contribution in [1.29, 1.82) is 0 Å². The highest BCUT2D eigenvalue weighted by Crippen LogP contribution is 2.25. The number of hydrogen-bond donors (Lipinski definition) is 2. The van der Waals surface area contributed by atoms with Crippen molar-refractivity contribution in [2.24, 2.45) is 5.92 Å². The fourth-order valence-corrected chi connectivity index (χ4v) is 3.12. The first-order valence-corrected chi connectivity index (χ1v) is 7.84. The summed E-state index contributed by atoms with van der Waals surface area (Å²) in [4.78, 5) is 2.48. The average molecular weight is 276 g/mol. The van der Waals surface area contributed by atoms with E-state index in [1.807, 2.05) is 6.07 Å². The summed E-state index contributed by atoms with van der Waals surface area (Å²) in [5.74, 6) is 0.772. The van der Waals surface area contributed by atoms with Gasteiger partial charge in [-0.2, -0.15) is 0 Å². The van der Waals surface area contributed by atoms with Crippen LogP contribution in [0.3, 0.4) is 0 Å². The smallest absolute Gasteiger partial charge is 0.0797 e. The van der Waals surface area contributed by atoms with Crippen LogP contribution in [0.1, 0.15) is 32.3 Å². The topological polar surface area (TPSA) is 35.5 Å². The minimum Gasteiger partial charge on any atom is -0.394 e. The second kappa shape index (κ2) is 7.21. The lowest BCUT2D eigenvalue weighted by atomic mass is 9.89. The van der Waals surface area contributed by atoms with Gasteiger partial charge in [0.05, 0.1) is 12.1 Å². The van der Waals surface area contributed by atoms with E-state index in [1.165, 1.54) is 12.0 Å². The number of nitrogens with zero attached hydrogens (tertiary/aromatic N) is 1. The van der Waals surface area contributed by atoms with Crippen molar-refractivity contribution in [3.8, 4) is 0 Å². The number of aliphatic hydroxyl groups excluding tert-OH is 1. The van der Waals surface area contributed by atoms with Gasteiger partial charge in [0.1, 0.15) is 0 Å². The summed E-state index contributed by atoms with van der Waals surface area (Å²) in [6.07, 6.45) is 2.34. The molecule has 2 rings (SSSR count). The fraction of sp³-hybridized carbons (Fsp3) is 0.647. The molecule has 3 nitrogen and oxygen atoms in total. The standard InChI is InChI=1S/C17H28N2O/c1-3-10-18-17(14-20,16-7-5-4-6-8-16)13-19-11-9-15(2)12-19/h4-8,15,18,20H,3,9-14H2,1-2H3. The molecule has 112 valence electrons. The van der Waals surface area contributed by atoms with Crippen LogP contribution in [0.4, 0.5) is 0 Å². The molecule has 1 heterocycles. The highest BCUT2D eigenvalue weighted by atomic mass is 16.3. The molecule has 0 aliphatic carbocycles. The van der Waals surface area contributed by atoms with Crippen molar-refractivity contribution >= 4 is 0 Å². The first-order chi connectivity index (χ1) is 9.70. The van der Waals surface area contributed by atoms with Crippen molar-refractivity contribution < 1.29 is 5.11 Å². The van der Waals surface area contributed by atoms with Gasteiger partial charge in [-0.25, -0.2) is 0 Å². The van der Waals surface area contributed by atoms with E-state index in [9.17, 15) is 5.11 Å². The van der Waals surface area contributed by atoms with E-state index in [2.05, 4.69) is 48.3 Å². The molecular formula is C17H28N2O. The zero-order chi connectivity index (χ0) is 14.4. The van der Waals surface area contributed by atoms with Gasteiger partial charge in [0.25, 0.3) is 0 Å². The number of likely N-dealkylation sites (tertiary alicyclic amines) is 1. The SMILES string of the molecule is CCCNC(CO)(CN1CCC(C)C1)c1ccccc1. The molecule has 0 aromatic heterocycles. The third-order valence-corrected chi connectivity index (χ3v) is 4.31. The van der Waals surface area contributed by atoms with E-state index in [-0.39, 0.29) is 12.1 Å². The van der Waals surface area contributed by atoms with Crippen LogP contribution in [0.25, 0.3) is 0 Å². The Hall–Kier alpha value is -0.900. The van der Waals surface area contributed by atoms with E-state index in [4.69, 9.17) is 0 Å². The first kappa shape index (κ1) is 15.5. The van der Waals surface area contributed by atoms with E-state index in [0.29, 0.717) is 0 Å². The van der Waals surface area contributed by atoms with Crippen LogP contribution in [-0.2, 0) is 5.54 Å². The fourth-order valence-electron chi connectivity index (χ4n) is 3.12. The highest BCUT2D eigenvalue weighted by molar-refractivity contribution is 5.25. The van der Waals surface area contributed by atoms with Crippen molar-refractivity contribution in [3.05, 3.63) is 35.9 Å². The number of rotatable bonds is 7. The summed E-state index contributed by atoms with van der Waals surface area (Å²) in [7, 11) is 0. The summed E-state index contributed by atoms with van der Waals surface area (Å²) < 4.78 is 0. The van der Waals surface area contributed by atoms with E-state index < -0.39 is 0 Å². The van der Waals surface area contributed by atoms with Crippen LogP contribution < -0.4 is 5.32 Å². The zero-order valence-corrected chi connectivity index (χ0v) is 12.8. The van der Waals surface area contributed by atoms with Crippen LogP contribution in [-0.4, -0.2) is 42.8 Å². The van der Waals surface area contributed by atoms with Gasteiger partial charge < -0.3 is 15.3 Å². The molecule has 3 heteroatoms. The molecule has 0 bridgehead atoms. The Labute approximate surface area is 123 Å². The van der Waals surface area contributed by atoms with Gasteiger partial charge in [-0.05, 0) is 37.4 Å². The molecule has 2 unspecified atom stereocenters. The molecule has 20 heavy (non-hydrogen) atoms. The Kier molecular flexibility index (Phi) is 5.58. The first-order valence-electron chi connectivity index (χ1n) is 7.84. The van der Waals surface area contributed by atoms with Crippen LogP contribution in [0.15, 0.2) is 30.3 Å². The Morgan fingerprint density at radius 2 is 2.10 bits per heavy atom. The quantitative estimate of drug-likeness (QED) is 0.801. The minimum atomic E-state index is -0.332. The maximum atomic E-state index is 10.1. The molecule has 0 amide bonds. The second-order valence-electron chi connectivity index (χ2n) is 6.16. The molecule has 1 saturated heterocycles. The Balaban J connectivity index is 2.18. The van der Waals surface area contributed by atoms with Gasteiger partial charge in [-0.1, -0.05) is 44.2 Å². The van der Waals surface area contributed by atoms with E-state index in [1.54, 1.807) is 0 Å². The number of aliphatic hydroxyl groups is 1. The maximum Gasteiger partial charge on any atom is 0.0797 e. The van der Waals surface area contributed by atoms with Gasteiger partial charge in [-0.3, -0.25) is 0 Å². The normalized spacial score (nSPS) is 22.9. The lowest BCUT2D eigenvalue weighted by Crippen LogP contribution is -2.53. The molecular weight excluding hydrogens is 248 g/mol. The Morgan fingerprint density at radius 3 is 2.65 bits per heavy atom. The van der Waals surface area contributed by atoms with Crippen LogP contribution in [0.5, 0.6) is 0 Å². The van der Waals surface area contributed by atoms with E-state index in [0.717, 1.165) is 38.5 Å². The van der Waals surface area contributed by atoms with Gasteiger partial charge in [-0.15, -0.1) is 0 Å². The average Bonchev–Trinajstić information content (AvgIpc) is 2.89. The molecule has 0 radical (unpaired) electrons. The molecule has 1 aromatic rings. The van der Waals surface area contributed by atoms with Crippen molar-refractivity contribution in [1.82, 2.24) is 10.2 Å². The number of hydrogen-bond acceptors (Lipinski definition) is 3. The molecule has 2 N–H and O–H groups in total. The van der Waals surface area contributed by atoms with E-state index >= 15 is 0 Å². The maximum absolute atomic E-state index is 10.1. The highest BCUT2D eigenvalue weighted by Gasteiger charge is 2.34. The summed E-state index contributed by atoms with van der Waals surface area (Å²) in [6.45, 7) is 8.71. The lowest BCUT2D eigenvalue weighted by Gasteiger charge is -2.37. The minimum absolute atomic E-state index is 0.141. The monoisotopic (exact) mass is 276 g/mol. The molecule has 1 aromatic carbocycles. The molecule has 0 spiro atoms. The molecule has 1 aliphatic rings. The molecule has 1 aliphatic heterocycles. The van der Waals surface area contributed by atoms with Crippen molar-refractivity contribution in [2.45, 2.75) is 32.2 Å². The van der Waals surface area contributed by atoms with Gasteiger partial charge in [0.2, 0.25) is 0 Å². The predicted molar refractivity (Wildman–Crippen MR) is 83.7 cm³/mol. The van der Waals surface area contributed by atoms with Crippen LogP contribution in [0.2, 0.25) is 0 Å². The summed E-state index contributed by atoms with van der Waals surface area (Å²) in [6, 6.07) is 10.4. The van der Waals surface area contributed by atoms with Crippen molar-refractivity contribution in [3.63, 3.8) is 0 Å². The predicted octanol–water partition coefficient (Wildman–Crippen LogP) is 2.22. The number of nitrogens with one attached hydrogen (secondary N) is 1. The van der Waals surface area contributed by atoms with Gasteiger partial charge in [0, 0.05) is 13.1 Å².